The standard InChI is InChI=1S/C14H23NO/c1-4-5-10-13(16)14(2,3)15-11-8-6-7-9-12-15/h6-12H2,1-3H3. The molecule has 1 saturated heterocycles. The van der Waals surface area contributed by atoms with Crippen molar-refractivity contribution in [3.63, 3.8) is 0 Å². The second kappa shape index (κ2) is 6.06. The number of carbonyl (C=O) groups excluding carboxylic acids is 1. The summed E-state index contributed by atoms with van der Waals surface area (Å²) in [6, 6.07) is 0. The number of carbonyl (C=O) groups is 1. The van der Waals surface area contributed by atoms with Crippen LogP contribution in [-0.2, 0) is 4.79 Å². The largest absolute Gasteiger partial charge is 0.297 e. The summed E-state index contributed by atoms with van der Waals surface area (Å²) in [7, 11) is 0. The van der Waals surface area contributed by atoms with Crippen molar-refractivity contribution in [1.29, 1.82) is 0 Å². The molecular formula is C14H23NO. The molecule has 1 heterocycles. The first-order valence-corrected chi connectivity index (χ1v) is 6.27. The van der Waals surface area contributed by atoms with Crippen LogP contribution in [0.15, 0.2) is 0 Å². The lowest BCUT2D eigenvalue weighted by atomic mass is 9.94. The monoisotopic (exact) mass is 221 g/mol. The molecule has 0 bridgehead atoms. The number of nitrogens with zero attached hydrogens (tertiary/aromatic N) is 1. The van der Waals surface area contributed by atoms with E-state index in [-0.39, 0.29) is 11.3 Å². The summed E-state index contributed by atoms with van der Waals surface area (Å²) in [5, 5.41) is 0. The average Bonchev–Trinajstić information content (AvgIpc) is 2.54. The van der Waals surface area contributed by atoms with E-state index in [2.05, 4.69) is 16.7 Å². The summed E-state index contributed by atoms with van der Waals surface area (Å²) in [6.07, 6.45) is 5.43. The summed E-state index contributed by atoms with van der Waals surface area (Å²) < 4.78 is 0. The molecule has 1 aliphatic rings. The van der Waals surface area contributed by atoms with E-state index in [0.29, 0.717) is 6.42 Å². The van der Waals surface area contributed by atoms with Crippen molar-refractivity contribution >= 4 is 5.78 Å². The second-order valence-corrected chi connectivity index (χ2v) is 4.99. The molecule has 1 aliphatic heterocycles. The molecule has 0 radical (unpaired) electrons. The highest BCUT2D eigenvalue weighted by Crippen LogP contribution is 2.22. The van der Waals surface area contributed by atoms with Crippen LogP contribution in [0.25, 0.3) is 0 Å². The predicted octanol–water partition coefficient (Wildman–Crippen LogP) is 2.62. The molecule has 0 aliphatic carbocycles. The van der Waals surface area contributed by atoms with Gasteiger partial charge in [-0.1, -0.05) is 18.8 Å². The van der Waals surface area contributed by atoms with Crippen molar-refractivity contribution in [3.05, 3.63) is 0 Å². The van der Waals surface area contributed by atoms with Crippen molar-refractivity contribution in [3.8, 4) is 11.8 Å². The van der Waals surface area contributed by atoms with Crippen LogP contribution in [0.2, 0.25) is 0 Å². The van der Waals surface area contributed by atoms with E-state index >= 15 is 0 Å². The van der Waals surface area contributed by atoms with Crippen molar-refractivity contribution in [2.75, 3.05) is 13.1 Å². The van der Waals surface area contributed by atoms with Crippen LogP contribution >= 0.6 is 0 Å². The summed E-state index contributed by atoms with van der Waals surface area (Å²) in [5.74, 6) is 5.93. The Morgan fingerprint density at radius 3 is 2.25 bits per heavy atom. The Morgan fingerprint density at radius 1 is 1.19 bits per heavy atom. The first-order valence-electron chi connectivity index (χ1n) is 6.27. The van der Waals surface area contributed by atoms with Crippen LogP contribution in [0.4, 0.5) is 0 Å². The quantitative estimate of drug-likeness (QED) is 0.683. The van der Waals surface area contributed by atoms with Crippen molar-refractivity contribution in [2.24, 2.45) is 0 Å². The fourth-order valence-corrected chi connectivity index (χ4v) is 2.19. The van der Waals surface area contributed by atoms with Gasteiger partial charge in [0.25, 0.3) is 0 Å². The molecule has 2 nitrogen and oxygen atoms in total. The van der Waals surface area contributed by atoms with Gasteiger partial charge in [0, 0.05) is 0 Å². The Morgan fingerprint density at radius 2 is 1.75 bits per heavy atom. The lowest BCUT2D eigenvalue weighted by Crippen LogP contribution is -2.50. The zero-order chi connectivity index (χ0) is 12.0. The van der Waals surface area contributed by atoms with Gasteiger partial charge in [0.05, 0.1) is 12.0 Å². The Balaban J connectivity index is 2.64. The number of likely N-dealkylation sites (tertiary alicyclic amines) is 1. The van der Waals surface area contributed by atoms with E-state index in [1.807, 2.05) is 13.8 Å². The molecule has 90 valence electrons. The topological polar surface area (TPSA) is 20.3 Å². The summed E-state index contributed by atoms with van der Waals surface area (Å²) in [5.41, 5.74) is -0.339. The minimum Gasteiger partial charge on any atom is -0.297 e. The molecule has 0 aromatic carbocycles. The van der Waals surface area contributed by atoms with Gasteiger partial charge in [-0.25, -0.2) is 0 Å². The Hall–Kier alpha value is -0.810. The third-order valence-electron chi connectivity index (χ3n) is 3.50. The number of rotatable bonds is 3. The van der Waals surface area contributed by atoms with E-state index < -0.39 is 0 Å². The van der Waals surface area contributed by atoms with Crippen LogP contribution < -0.4 is 0 Å². The summed E-state index contributed by atoms with van der Waals surface area (Å²) >= 11 is 0. The molecule has 16 heavy (non-hydrogen) atoms. The van der Waals surface area contributed by atoms with E-state index in [4.69, 9.17) is 0 Å². The maximum absolute atomic E-state index is 12.1. The molecule has 0 aromatic rings. The molecule has 0 amide bonds. The highest BCUT2D eigenvalue weighted by molar-refractivity contribution is 5.89. The zero-order valence-corrected chi connectivity index (χ0v) is 10.8. The number of hydrogen-bond acceptors (Lipinski definition) is 2. The van der Waals surface area contributed by atoms with Crippen LogP contribution in [0.1, 0.15) is 52.9 Å². The highest BCUT2D eigenvalue weighted by Gasteiger charge is 2.33. The van der Waals surface area contributed by atoms with Crippen LogP contribution in [-0.4, -0.2) is 29.3 Å². The zero-order valence-electron chi connectivity index (χ0n) is 10.8. The molecular weight excluding hydrogens is 198 g/mol. The maximum atomic E-state index is 12.1. The highest BCUT2D eigenvalue weighted by atomic mass is 16.1. The minimum atomic E-state index is -0.339. The van der Waals surface area contributed by atoms with Gasteiger partial charge in [0.2, 0.25) is 0 Å². The third kappa shape index (κ3) is 3.35. The van der Waals surface area contributed by atoms with Gasteiger partial charge in [0.1, 0.15) is 0 Å². The number of ketones is 1. The Labute approximate surface area is 99.4 Å². The van der Waals surface area contributed by atoms with Crippen LogP contribution in [0.3, 0.4) is 0 Å². The van der Waals surface area contributed by atoms with Crippen molar-refractivity contribution in [2.45, 2.75) is 58.4 Å². The third-order valence-corrected chi connectivity index (χ3v) is 3.50. The van der Waals surface area contributed by atoms with E-state index in [9.17, 15) is 4.79 Å². The van der Waals surface area contributed by atoms with Gasteiger partial charge in [-0.2, -0.15) is 0 Å². The van der Waals surface area contributed by atoms with Gasteiger partial charge in [-0.3, -0.25) is 9.69 Å². The molecule has 1 rings (SSSR count). The van der Waals surface area contributed by atoms with Gasteiger partial charge in [-0.05, 0) is 46.7 Å². The van der Waals surface area contributed by atoms with Gasteiger partial charge in [0.15, 0.2) is 5.78 Å². The minimum absolute atomic E-state index is 0.253. The fourth-order valence-electron chi connectivity index (χ4n) is 2.19. The molecule has 0 aromatic heterocycles. The Bertz CT molecular complexity index is 288. The van der Waals surface area contributed by atoms with E-state index in [0.717, 1.165) is 13.1 Å². The maximum Gasteiger partial charge on any atom is 0.164 e. The number of Topliss-reactive ketones (excluding diaryl/α,β-unsaturated/α-hetero) is 1. The molecule has 0 spiro atoms. The lowest BCUT2D eigenvalue weighted by molar-refractivity contribution is -0.128. The number of hydrogen-bond donors (Lipinski definition) is 0. The second-order valence-electron chi connectivity index (χ2n) is 4.99. The summed E-state index contributed by atoms with van der Waals surface area (Å²) in [6.45, 7) is 7.97. The molecule has 0 N–H and O–H groups in total. The normalized spacial score (nSPS) is 18.4. The molecule has 0 unspecified atom stereocenters. The smallest absolute Gasteiger partial charge is 0.164 e. The van der Waals surface area contributed by atoms with Crippen molar-refractivity contribution in [1.82, 2.24) is 4.90 Å². The first kappa shape index (κ1) is 13.3. The molecule has 0 atom stereocenters. The first-order chi connectivity index (χ1) is 7.59. The fraction of sp³-hybridized carbons (Fsp3) is 0.786. The van der Waals surface area contributed by atoms with Gasteiger partial charge in [-0.15, -0.1) is 5.92 Å². The van der Waals surface area contributed by atoms with Crippen LogP contribution in [0.5, 0.6) is 0 Å². The average molecular weight is 221 g/mol. The van der Waals surface area contributed by atoms with E-state index in [1.54, 1.807) is 6.92 Å². The van der Waals surface area contributed by atoms with E-state index in [1.165, 1.54) is 25.7 Å². The Kier molecular flexibility index (Phi) is 5.02. The SMILES string of the molecule is CC#CCC(=O)C(C)(C)N1CCCCCC1. The van der Waals surface area contributed by atoms with Crippen molar-refractivity contribution < 1.29 is 4.79 Å². The van der Waals surface area contributed by atoms with Gasteiger partial charge < -0.3 is 0 Å². The lowest BCUT2D eigenvalue weighted by Gasteiger charge is -2.36. The predicted molar refractivity (Wildman–Crippen MR) is 67.2 cm³/mol. The van der Waals surface area contributed by atoms with Crippen LogP contribution in [0, 0.1) is 11.8 Å². The van der Waals surface area contributed by atoms with Gasteiger partial charge >= 0.3 is 0 Å². The summed E-state index contributed by atoms with van der Waals surface area (Å²) in [4.78, 5) is 14.4. The molecule has 2 heteroatoms. The molecule has 1 fully saturated rings. The molecule has 0 saturated carbocycles.